The van der Waals surface area contributed by atoms with Crippen molar-refractivity contribution >= 4 is 11.5 Å². The van der Waals surface area contributed by atoms with Crippen molar-refractivity contribution in [3.8, 4) is 5.88 Å². The lowest BCUT2D eigenvalue weighted by molar-refractivity contribution is 0.399. The van der Waals surface area contributed by atoms with E-state index in [9.17, 15) is 0 Å². The zero-order valence-electron chi connectivity index (χ0n) is 11.5. The highest BCUT2D eigenvalue weighted by Crippen LogP contribution is 2.39. The fourth-order valence-electron chi connectivity index (χ4n) is 2.80. The highest BCUT2D eigenvalue weighted by atomic mass is 16.5. The standard InChI is InChI=1S/C15H18N4O/c1-20-15-13(16)14(17-10-18-15)19-9-5-8-12(19)11-6-3-2-4-7-11/h2-4,6-7,10,12H,5,8-9,16H2,1H3. The van der Waals surface area contributed by atoms with Crippen molar-refractivity contribution in [2.24, 2.45) is 0 Å². The fourth-order valence-corrected chi connectivity index (χ4v) is 2.80. The van der Waals surface area contributed by atoms with Gasteiger partial charge in [0.25, 0.3) is 0 Å². The van der Waals surface area contributed by atoms with Crippen LogP contribution in [-0.2, 0) is 0 Å². The van der Waals surface area contributed by atoms with Gasteiger partial charge < -0.3 is 15.4 Å². The molecule has 0 saturated carbocycles. The number of anilines is 2. The molecule has 0 radical (unpaired) electrons. The lowest BCUT2D eigenvalue weighted by atomic mass is 10.0. The number of ether oxygens (including phenoxy) is 1. The Morgan fingerprint density at radius 2 is 2.05 bits per heavy atom. The number of nitrogen functional groups attached to an aromatic ring is 1. The Morgan fingerprint density at radius 3 is 2.80 bits per heavy atom. The first-order valence-electron chi connectivity index (χ1n) is 6.77. The van der Waals surface area contributed by atoms with Gasteiger partial charge in [-0.3, -0.25) is 0 Å². The van der Waals surface area contributed by atoms with E-state index in [0.29, 0.717) is 17.6 Å². The van der Waals surface area contributed by atoms with E-state index in [1.165, 1.54) is 11.9 Å². The molecule has 1 fully saturated rings. The molecule has 2 aromatic rings. The smallest absolute Gasteiger partial charge is 0.242 e. The summed E-state index contributed by atoms with van der Waals surface area (Å²) in [5.41, 5.74) is 7.93. The van der Waals surface area contributed by atoms with E-state index in [0.717, 1.165) is 25.2 Å². The van der Waals surface area contributed by atoms with Gasteiger partial charge in [0.1, 0.15) is 12.0 Å². The van der Waals surface area contributed by atoms with Crippen molar-refractivity contribution < 1.29 is 4.74 Å². The number of nitrogens with two attached hydrogens (primary N) is 1. The minimum atomic E-state index is 0.318. The molecule has 1 aliphatic heterocycles. The SMILES string of the molecule is COc1ncnc(N2CCCC2c2ccccc2)c1N. The normalized spacial score (nSPS) is 18.2. The van der Waals surface area contributed by atoms with Crippen LogP contribution in [0.25, 0.3) is 0 Å². The molecule has 0 aliphatic carbocycles. The number of aromatic nitrogens is 2. The van der Waals surface area contributed by atoms with E-state index in [2.05, 4.69) is 39.1 Å². The molecule has 1 aromatic heterocycles. The summed E-state index contributed by atoms with van der Waals surface area (Å²) in [6.07, 6.45) is 3.74. The molecule has 1 atom stereocenters. The Labute approximate surface area is 118 Å². The Hall–Kier alpha value is -2.30. The van der Waals surface area contributed by atoms with Gasteiger partial charge in [-0.25, -0.2) is 4.98 Å². The van der Waals surface area contributed by atoms with Crippen molar-refractivity contribution in [1.82, 2.24) is 9.97 Å². The molecule has 1 aliphatic rings. The van der Waals surface area contributed by atoms with E-state index in [1.807, 2.05) is 6.07 Å². The molecule has 2 heterocycles. The van der Waals surface area contributed by atoms with Crippen molar-refractivity contribution in [2.45, 2.75) is 18.9 Å². The quantitative estimate of drug-likeness (QED) is 0.927. The lowest BCUT2D eigenvalue weighted by Crippen LogP contribution is -2.25. The van der Waals surface area contributed by atoms with Crippen LogP contribution in [0.2, 0.25) is 0 Å². The number of methoxy groups -OCH3 is 1. The summed E-state index contributed by atoms with van der Waals surface area (Å²) in [6.45, 7) is 0.948. The van der Waals surface area contributed by atoms with E-state index >= 15 is 0 Å². The largest absolute Gasteiger partial charge is 0.479 e. The predicted molar refractivity (Wildman–Crippen MR) is 78.8 cm³/mol. The summed E-state index contributed by atoms with van der Waals surface area (Å²) in [6, 6.07) is 10.8. The molecule has 0 amide bonds. The van der Waals surface area contributed by atoms with E-state index in [1.54, 1.807) is 7.11 Å². The van der Waals surface area contributed by atoms with Crippen LogP contribution >= 0.6 is 0 Å². The van der Waals surface area contributed by atoms with Crippen molar-refractivity contribution in [1.29, 1.82) is 0 Å². The number of benzene rings is 1. The predicted octanol–water partition coefficient (Wildman–Crippen LogP) is 2.41. The maximum atomic E-state index is 6.12. The molecule has 5 nitrogen and oxygen atoms in total. The summed E-state index contributed by atoms with van der Waals surface area (Å²) in [5.74, 6) is 1.21. The minimum absolute atomic E-state index is 0.318. The molecular formula is C15H18N4O. The Morgan fingerprint density at radius 1 is 1.25 bits per heavy atom. The topological polar surface area (TPSA) is 64.3 Å². The summed E-state index contributed by atoms with van der Waals surface area (Å²) >= 11 is 0. The summed E-state index contributed by atoms with van der Waals surface area (Å²) < 4.78 is 5.18. The third-order valence-corrected chi connectivity index (χ3v) is 3.73. The average molecular weight is 270 g/mol. The molecular weight excluding hydrogens is 252 g/mol. The zero-order chi connectivity index (χ0) is 13.9. The van der Waals surface area contributed by atoms with Crippen LogP contribution in [0.1, 0.15) is 24.4 Å². The second-order valence-electron chi connectivity index (χ2n) is 4.88. The van der Waals surface area contributed by atoms with Crippen LogP contribution in [0.15, 0.2) is 36.7 Å². The number of hydrogen-bond acceptors (Lipinski definition) is 5. The fraction of sp³-hybridized carbons (Fsp3) is 0.333. The molecule has 2 N–H and O–H groups in total. The van der Waals surface area contributed by atoms with Crippen LogP contribution in [0.4, 0.5) is 11.5 Å². The van der Waals surface area contributed by atoms with Gasteiger partial charge in [0.05, 0.1) is 13.2 Å². The maximum absolute atomic E-state index is 6.12. The Kier molecular flexibility index (Phi) is 3.41. The van der Waals surface area contributed by atoms with Gasteiger partial charge in [0, 0.05) is 6.54 Å². The average Bonchev–Trinajstić information content (AvgIpc) is 2.97. The highest BCUT2D eigenvalue weighted by Gasteiger charge is 2.29. The van der Waals surface area contributed by atoms with Crippen molar-refractivity contribution in [2.75, 3.05) is 24.3 Å². The van der Waals surface area contributed by atoms with Gasteiger partial charge in [-0.2, -0.15) is 4.98 Å². The molecule has 0 spiro atoms. The van der Waals surface area contributed by atoms with Gasteiger partial charge in [0.2, 0.25) is 5.88 Å². The third kappa shape index (κ3) is 2.15. The highest BCUT2D eigenvalue weighted by molar-refractivity contribution is 5.68. The zero-order valence-corrected chi connectivity index (χ0v) is 11.5. The first-order valence-corrected chi connectivity index (χ1v) is 6.77. The molecule has 104 valence electrons. The second-order valence-corrected chi connectivity index (χ2v) is 4.88. The molecule has 20 heavy (non-hydrogen) atoms. The molecule has 1 unspecified atom stereocenters. The van der Waals surface area contributed by atoms with Crippen molar-refractivity contribution in [3.63, 3.8) is 0 Å². The number of hydrogen-bond donors (Lipinski definition) is 1. The third-order valence-electron chi connectivity index (χ3n) is 3.73. The van der Waals surface area contributed by atoms with Gasteiger partial charge in [-0.15, -0.1) is 0 Å². The van der Waals surface area contributed by atoms with E-state index in [4.69, 9.17) is 10.5 Å². The second kappa shape index (κ2) is 5.36. The molecule has 0 bridgehead atoms. The van der Waals surface area contributed by atoms with Gasteiger partial charge >= 0.3 is 0 Å². The first kappa shape index (κ1) is 12.7. The molecule has 1 aromatic carbocycles. The van der Waals surface area contributed by atoms with Crippen LogP contribution in [0.5, 0.6) is 5.88 Å². The Balaban J connectivity index is 1.97. The van der Waals surface area contributed by atoms with Crippen LogP contribution in [0, 0.1) is 0 Å². The minimum Gasteiger partial charge on any atom is -0.479 e. The van der Waals surface area contributed by atoms with E-state index < -0.39 is 0 Å². The van der Waals surface area contributed by atoms with Gasteiger partial charge in [-0.05, 0) is 18.4 Å². The molecule has 1 saturated heterocycles. The maximum Gasteiger partial charge on any atom is 0.242 e. The van der Waals surface area contributed by atoms with Crippen molar-refractivity contribution in [3.05, 3.63) is 42.2 Å². The lowest BCUT2D eigenvalue weighted by Gasteiger charge is -2.27. The van der Waals surface area contributed by atoms with Gasteiger partial charge in [0.15, 0.2) is 5.82 Å². The molecule has 5 heteroatoms. The summed E-state index contributed by atoms with van der Waals surface area (Å²) in [7, 11) is 1.57. The first-order chi connectivity index (χ1) is 9.81. The molecule has 3 rings (SSSR count). The van der Waals surface area contributed by atoms with Gasteiger partial charge in [-0.1, -0.05) is 30.3 Å². The number of nitrogens with zero attached hydrogens (tertiary/aromatic N) is 3. The van der Waals surface area contributed by atoms with Crippen LogP contribution in [0.3, 0.4) is 0 Å². The number of rotatable bonds is 3. The Bertz CT molecular complexity index is 588. The summed E-state index contributed by atoms with van der Waals surface area (Å²) in [5, 5.41) is 0. The van der Waals surface area contributed by atoms with Crippen LogP contribution in [-0.4, -0.2) is 23.6 Å². The monoisotopic (exact) mass is 270 g/mol. The summed E-state index contributed by atoms with van der Waals surface area (Å²) in [4.78, 5) is 10.6. The van der Waals surface area contributed by atoms with E-state index in [-0.39, 0.29) is 0 Å². The van der Waals surface area contributed by atoms with Crippen LogP contribution < -0.4 is 15.4 Å².